The topological polar surface area (TPSA) is 53.7 Å². The zero-order valence-electron chi connectivity index (χ0n) is 13.4. The molecule has 0 aliphatic carbocycles. The zero-order chi connectivity index (χ0) is 16.2. The quantitative estimate of drug-likeness (QED) is 0.941. The highest BCUT2D eigenvalue weighted by Gasteiger charge is 2.29. The Balaban J connectivity index is 1.59. The number of carbonyl (C=O) groups is 1. The predicted molar refractivity (Wildman–Crippen MR) is 88.1 cm³/mol. The molecule has 1 aliphatic rings. The van der Waals surface area contributed by atoms with E-state index in [4.69, 9.17) is 4.42 Å². The van der Waals surface area contributed by atoms with Gasteiger partial charge in [0.1, 0.15) is 5.76 Å². The van der Waals surface area contributed by atoms with Crippen LogP contribution in [0.15, 0.2) is 46.9 Å². The van der Waals surface area contributed by atoms with Crippen molar-refractivity contribution in [3.8, 4) is 0 Å². The summed E-state index contributed by atoms with van der Waals surface area (Å²) in [5.74, 6) is 1.41. The highest BCUT2D eigenvalue weighted by atomic mass is 16.4. The fourth-order valence-electron chi connectivity index (χ4n) is 3.18. The maximum atomic E-state index is 12.4. The van der Waals surface area contributed by atoms with Gasteiger partial charge in [-0.05, 0) is 36.5 Å². The number of aliphatic hydroxyl groups is 1. The van der Waals surface area contributed by atoms with E-state index < -0.39 is 6.10 Å². The first kappa shape index (κ1) is 15.8. The number of furan rings is 1. The van der Waals surface area contributed by atoms with Crippen molar-refractivity contribution in [1.82, 2.24) is 4.90 Å². The molecule has 1 N–H and O–H groups in total. The summed E-state index contributed by atoms with van der Waals surface area (Å²) < 4.78 is 5.55. The standard InChI is InChI=1S/C19H23NO3/c1-2-16-8-9-17(23-16)19(22)20-12-10-15(11-13-20)18(21)14-6-4-3-5-7-14/h3-9,15,18,21H,2,10-13H2,1H3/t18-/m0/s1. The summed E-state index contributed by atoms with van der Waals surface area (Å²) in [5, 5.41) is 10.5. The molecule has 23 heavy (non-hydrogen) atoms. The zero-order valence-corrected chi connectivity index (χ0v) is 13.4. The Morgan fingerprint density at radius 3 is 2.52 bits per heavy atom. The molecule has 1 fully saturated rings. The minimum absolute atomic E-state index is 0.0441. The molecule has 2 heterocycles. The summed E-state index contributed by atoms with van der Waals surface area (Å²) in [6.07, 6.45) is 1.95. The number of piperidine rings is 1. The van der Waals surface area contributed by atoms with Gasteiger partial charge in [-0.1, -0.05) is 37.3 Å². The highest BCUT2D eigenvalue weighted by molar-refractivity contribution is 5.91. The van der Waals surface area contributed by atoms with E-state index in [0.29, 0.717) is 18.8 Å². The van der Waals surface area contributed by atoms with Crippen molar-refractivity contribution in [1.29, 1.82) is 0 Å². The number of amides is 1. The van der Waals surface area contributed by atoms with Crippen molar-refractivity contribution >= 4 is 5.91 Å². The van der Waals surface area contributed by atoms with Gasteiger partial charge in [-0.3, -0.25) is 4.79 Å². The van der Waals surface area contributed by atoms with Crippen molar-refractivity contribution in [2.24, 2.45) is 5.92 Å². The normalized spacial score (nSPS) is 17.2. The second-order valence-corrected chi connectivity index (χ2v) is 6.10. The monoisotopic (exact) mass is 313 g/mol. The summed E-state index contributed by atoms with van der Waals surface area (Å²) in [5.41, 5.74) is 0.955. The van der Waals surface area contributed by atoms with Gasteiger partial charge in [0, 0.05) is 19.5 Å². The largest absolute Gasteiger partial charge is 0.456 e. The Bertz CT molecular complexity index is 642. The van der Waals surface area contributed by atoms with Crippen LogP contribution in [0.25, 0.3) is 0 Å². The lowest BCUT2D eigenvalue weighted by Crippen LogP contribution is -2.39. The third-order valence-corrected chi connectivity index (χ3v) is 4.64. The number of carbonyl (C=O) groups excluding carboxylic acids is 1. The lowest BCUT2D eigenvalue weighted by Gasteiger charge is -2.34. The first-order valence-corrected chi connectivity index (χ1v) is 8.30. The van der Waals surface area contributed by atoms with Gasteiger partial charge < -0.3 is 14.4 Å². The van der Waals surface area contributed by atoms with Crippen LogP contribution in [0.3, 0.4) is 0 Å². The van der Waals surface area contributed by atoms with Crippen LogP contribution in [0.1, 0.15) is 47.7 Å². The Morgan fingerprint density at radius 1 is 1.22 bits per heavy atom. The molecule has 1 saturated heterocycles. The number of hydrogen-bond donors (Lipinski definition) is 1. The van der Waals surface area contributed by atoms with Crippen molar-refractivity contribution < 1.29 is 14.3 Å². The average Bonchev–Trinajstić information content (AvgIpc) is 3.10. The highest BCUT2D eigenvalue weighted by Crippen LogP contribution is 2.31. The van der Waals surface area contributed by atoms with Gasteiger partial charge in [-0.2, -0.15) is 0 Å². The van der Waals surface area contributed by atoms with Gasteiger partial charge in [-0.25, -0.2) is 0 Å². The number of rotatable bonds is 4. The van der Waals surface area contributed by atoms with Crippen molar-refractivity contribution in [2.75, 3.05) is 13.1 Å². The Kier molecular flexibility index (Phi) is 4.82. The molecule has 4 heteroatoms. The molecular formula is C19H23NO3. The number of aliphatic hydroxyl groups excluding tert-OH is 1. The number of benzene rings is 1. The predicted octanol–water partition coefficient (Wildman–Crippen LogP) is 3.43. The lowest BCUT2D eigenvalue weighted by molar-refractivity contribution is 0.0441. The molecule has 0 unspecified atom stereocenters. The van der Waals surface area contributed by atoms with Gasteiger partial charge >= 0.3 is 0 Å². The van der Waals surface area contributed by atoms with Gasteiger partial charge in [-0.15, -0.1) is 0 Å². The minimum Gasteiger partial charge on any atom is -0.456 e. The molecular weight excluding hydrogens is 290 g/mol. The van der Waals surface area contributed by atoms with Crippen LogP contribution in [-0.4, -0.2) is 29.0 Å². The Morgan fingerprint density at radius 2 is 1.91 bits per heavy atom. The molecule has 122 valence electrons. The molecule has 1 aromatic heterocycles. The molecule has 1 atom stereocenters. The number of likely N-dealkylation sites (tertiary alicyclic amines) is 1. The fraction of sp³-hybridized carbons (Fsp3) is 0.421. The first-order chi connectivity index (χ1) is 11.2. The average molecular weight is 313 g/mol. The summed E-state index contributed by atoms with van der Waals surface area (Å²) in [7, 11) is 0. The van der Waals surface area contributed by atoms with E-state index in [1.165, 1.54) is 0 Å². The summed E-state index contributed by atoms with van der Waals surface area (Å²) in [4.78, 5) is 14.3. The van der Waals surface area contributed by atoms with Crippen LogP contribution in [0.4, 0.5) is 0 Å². The fourth-order valence-corrected chi connectivity index (χ4v) is 3.18. The summed E-state index contributed by atoms with van der Waals surface area (Å²) >= 11 is 0. The summed E-state index contributed by atoms with van der Waals surface area (Å²) in [6.45, 7) is 3.33. The molecule has 1 aromatic carbocycles. The second kappa shape index (κ2) is 7.01. The third kappa shape index (κ3) is 3.48. The van der Waals surface area contributed by atoms with E-state index in [-0.39, 0.29) is 11.8 Å². The minimum atomic E-state index is -0.455. The van der Waals surface area contributed by atoms with Crippen LogP contribution in [0.5, 0.6) is 0 Å². The SMILES string of the molecule is CCc1ccc(C(=O)N2CCC([C@@H](O)c3ccccc3)CC2)o1. The van der Waals surface area contributed by atoms with Crippen LogP contribution in [0.2, 0.25) is 0 Å². The van der Waals surface area contributed by atoms with Crippen molar-refractivity contribution in [2.45, 2.75) is 32.3 Å². The van der Waals surface area contributed by atoms with Gasteiger partial charge in [0.2, 0.25) is 0 Å². The first-order valence-electron chi connectivity index (χ1n) is 8.30. The Hall–Kier alpha value is -2.07. The Labute approximate surface area is 136 Å². The molecule has 0 bridgehead atoms. The molecule has 3 rings (SSSR count). The molecule has 1 amide bonds. The maximum Gasteiger partial charge on any atom is 0.289 e. The van der Waals surface area contributed by atoms with E-state index in [2.05, 4.69) is 0 Å². The molecule has 1 aliphatic heterocycles. The van der Waals surface area contributed by atoms with Crippen LogP contribution in [0, 0.1) is 5.92 Å². The van der Waals surface area contributed by atoms with E-state index in [1.54, 1.807) is 6.07 Å². The molecule has 0 spiro atoms. The van der Waals surface area contributed by atoms with Crippen LogP contribution in [-0.2, 0) is 6.42 Å². The van der Waals surface area contributed by atoms with E-state index in [1.807, 2.05) is 48.2 Å². The van der Waals surface area contributed by atoms with Crippen LogP contribution >= 0.6 is 0 Å². The van der Waals surface area contributed by atoms with E-state index in [0.717, 1.165) is 30.6 Å². The van der Waals surface area contributed by atoms with E-state index in [9.17, 15) is 9.90 Å². The number of nitrogens with zero attached hydrogens (tertiary/aromatic N) is 1. The second-order valence-electron chi connectivity index (χ2n) is 6.10. The summed E-state index contributed by atoms with van der Waals surface area (Å²) in [6, 6.07) is 13.4. The number of aryl methyl sites for hydroxylation is 1. The molecule has 4 nitrogen and oxygen atoms in total. The van der Waals surface area contributed by atoms with Crippen molar-refractivity contribution in [3.05, 3.63) is 59.5 Å². The maximum absolute atomic E-state index is 12.4. The molecule has 2 aromatic rings. The van der Waals surface area contributed by atoms with Gasteiger partial charge in [0.15, 0.2) is 5.76 Å². The van der Waals surface area contributed by atoms with E-state index >= 15 is 0 Å². The number of hydrogen-bond acceptors (Lipinski definition) is 3. The van der Waals surface area contributed by atoms with Gasteiger partial charge in [0.05, 0.1) is 6.10 Å². The van der Waals surface area contributed by atoms with Crippen LogP contribution < -0.4 is 0 Å². The van der Waals surface area contributed by atoms with Gasteiger partial charge in [0.25, 0.3) is 5.91 Å². The third-order valence-electron chi connectivity index (χ3n) is 4.64. The van der Waals surface area contributed by atoms with Crippen molar-refractivity contribution in [3.63, 3.8) is 0 Å². The molecule has 0 saturated carbocycles. The molecule has 0 radical (unpaired) electrons. The lowest BCUT2D eigenvalue weighted by atomic mass is 9.87. The smallest absolute Gasteiger partial charge is 0.289 e.